The molecule has 1 aromatic heterocycles. The van der Waals surface area contributed by atoms with Crippen LogP contribution in [-0.4, -0.2) is 20.9 Å². The number of rotatable bonds is 3. The molecule has 16 heavy (non-hydrogen) atoms. The summed E-state index contributed by atoms with van der Waals surface area (Å²) < 4.78 is 1.77. The Morgan fingerprint density at radius 3 is 2.81 bits per heavy atom. The number of carboxylic acid groups (broad SMARTS) is 1. The predicted octanol–water partition coefficient (Wildman–Crippen LogP) is 2.27. The van der Waals surface area contributed by atoms with E-state index >= 15 is 0 Å². The second-order valence-electron chi connectivity index (χ2n) is 3.44. The minimum absolute atomic E-state index is 0.304. The summed E-state index contributed by atoms with van der Waals surface area (Å²) in [5.41, 5.74) is 1.84. The normalized spacial score (nSPS) is 10.3. The molecule has 2 aromatic rings. The number of carbonyl (C=O) groups is 1. The molecule has 1 N–H and O–H groups in total. The Labute approximate surface area is 93.1 Å². The largest absolute Gasteiger partial charge is 0.478 e. The van der Waals surface area contributed by atoms with Crippen LogP contribution in [-0.2, 0) is 6.54 Å². The highest BCUT2D eigenvalue weighted by molar-refractivity contribution is 5.95. The fourth-order valence-electron chi connectivity index (χ4n) is 1.60. The summed E-state index contributed by atoms with van der Waals surface area (Å²) in [5.74, 6) is -0.917. The average molecular weight is 216 g/mol. The minimum atomic E-state index is -0.917. The lowest BCUT2D eigenvalue weighted by Gasteiger charge is -2.02. The third-order valence-electron chi connectivity index (χ3n) is 2.43. The van der Waals surface area contributed by atoms with E-state index in [1.165, 1.54) is 0 Å². The topological polar surface area (TPSA) is 55.1 Å². The van der Waals surface area contributed by atoms with E-state index in [9.17, 15) is 4.79 Å². The number of hydrogen-bond acceptors (Lipinski definition) is 2. The van der Waals surface area contributed by atoms with Gasteiger partial charge in [0, 0.05) is 18.3 Å². The summed E-state index contributed by atoms with van der Waals surface area (Å²) in [6.45, 7) is 2.76. The summed E-state index contributed by atoms with van der Waals surface area (Å²) in [7, 11) is 0. The third kappa shape index (κ3) is 1.82. The van der Waals surface area contributed by atoms with Crippen LogP contribution in [0.3, 0.4) is 0 Å². The highest BCUT2D eigenvalue weighted by atomic mass is 16.4. The van der Waals surface area contributed by atoms with Gasteiger partial charge in [-0.15, -0.1) is 0 Å². The Morgan fingerprint density at radius 1 is 1.44 bits per heavy atom. The van der Waals surface area contributed by atoms with Crippen molar-refractivity contribution >= 4 is 5.97 Å². The van der Waals surface area contributed by atoms with Crippen molar-refractivity contribution in [3.8, 4) is 11.1 Å². The molecule has 4 nitrogen and oxygen atoms in total. The second kappa shape index (κ2) is 4.18. The fourth-order valence-corrected chi connectivity index (χ4v) is 1.60. The van der Waals surface area contributed by atoms with E-state index in [-0.39, 0.29) is 0 Å². The molecular weight excluding hydrogens is 204 g/mol. The number of aryl methyl sites for hydroxylation is 1. The van der Waals surface area contributed by atoms with Gasteiger partial charge in [0.05, 0.1) is 11.8 Å². The molecule has 0 saturated carbocycles. The lowest BCUT2D eigenvalue weighted by Crippen LogP contribution is -1.98. The molecule has 1 aromatic carbocycles. The number of aromatic carboxylic acids is 1. The van der Waals surface area contributed by atoms with Gasteiger partial charge in [0.1, 0.15) is 0 Å². The quantitative estimate of drug-likeness (QED) is 0.856. The van der Waals surface area contributed by atoms with Crippen molar-refractivity contribution < 1.29 is 9.90 Å². The minimum Gasteiger partial charge on any atom is -0.478 e. The zero-order valence-corrected chi connectivity index (χ0v) is 8.92. The van der Waals surface area contributed by atoms with E-state index in [4.69, 9.17) is 5.11 Å². The SMILES string of the molecule is CCn1cc(-c2ccccc2C(=O)O)cn1. The van der Waals surface area contributed by atoms with Crippen LogP contribution in [0, 0.1) is 0 Å². The smallest absolute Gasteiger partial charge is 0.336 e. The summed E-state index contributed by atoms with van der Waals surface area (Å²) >= 11 is 0. The molecular formula is C12H12N2O2. The second-order valence-corrected chi connectivity index (χ2v) is 3.44. The van der Waals surface area contributed by atoms with Gasteiger partial charge >= 0.3 is 5.97 Å². The van der Waals surface area contributed by atoms with Crippen molar-refractivity contribution in [1.29, 1.82) is 0 Å². The first-order valence-corrected chi connectivity index (χ1v) is 5.07. The molecule has 0 spiro atoms. The number of hydrogen-bond donors (Lipinski definition) is 1. The van der Waals surface area contributed by atoms with Gasteiger partial charge in [-0.1, -0.05) is 18.2 Å². The maximum atomic E-state index is 11.0. The molecule has 0 bridgehead atoms. The van der Waals surface area contributed by atoms with E-state index in [0.717, 1.165) is 12.1 Å². The molecule has 82 valence electrons. The van der Waals surface area contributed by atoms with Crippen LogP contribution >= 0.6 is 0 Å². The number of benzene rings is 1. The Balaban J connectivity index is 2.50. The molecule has 4 heteroatoms. The van der Waals surface area contributed by atoms with Gasteiger partial charge < -0.3 is 5.11 Å². The van der Waals surface area contributed by atoms with Crippen LogP contribution in [0.25, 0.3) is 11.1 Å². The maximum Gasteiger partial charge on any atom is 0.336 e. The van der Waals surface area contributed by atoms with Gasteiger partial charge in [0.2, 0.25) is 0 Å². The highest BCUT2D eigenvalue weighted by Gasteiger charge is 2.11. The molecule has 0 saturated heterocycles. The summed E-state index contributed by atoms with van der Waals surface area (Å²) in [6, 6.07) is 6.93. The molecule has 2 rings (SSSR count). The van der Waals surface area contributed by atoms with Crippen molar-refractivity contribution in [2.24, 2.45) is 0 Å². The molecule has 1 heterocycles. The van der Waals surface area contributed by atoms with Crippen molar-refractivity contribution in [2.45, 2.75) is 13.5 Å². The monoisotopic (exact) mass is 216 g/mol. The molecule has 0 aliphatic carbocycles. The molecule has 0 amide bonds. The van der Waals surface area contributed by atoms with Gasteiger partial charge in [-0.3, -0.25) is 4.68 Å². The van der Waals surface area contributed by atoms with Crippen LogP contribution < -0.4 is 0 Å². The van der Waals surface area contributed by atoms with Crippen LogP contribution in [0.15, 0.2) is 36.7 Å². The molecule has 0 radical (unpaired) electrons. The summed E-state index contributed by atoms with van der Waals surface area (Å²) in [4.78, 5) is 11.0. The number of carboxylic acids is 1. The molecule has 0 unspecified atom stereocenters. The van der Waals surface area contributed by atoms with E-state index in [0.29, 0.717) is 11.1 Å². The first-order valence-electron chi connectivity index (χ1n) is 5.07. The maximum absolute atomic E-state index is 11.0. The van der Waals surface area contributed by atoms with Gasteiger partial charge in [-0.2, -0.15) is 5.10 Å². The van der Waals surface area contributed by atoms with Gasteiger partial charge in [-0.25, -0.2) is 4.79 Å². The standard InChI is InChI=1S/C12H12N2O2/c1-2-14-8-9(7-13-14)10-5-3-4-6-11(10)12(15)16/h3-8H,2H2,1H3,(H,15,16). The van der Waals surface area contributed by atoms with Crippen molar-refractivity contribution in [3.63, 3.8) is 0 Å². The van der Waals surface area contributed by atoms with E-state index < -0.39 is 5.97 Å². The average Bonchev–Trinajstić information content (AvgIpc) is 2.77. The fraction of sp³-hybridized carbons (Fsp3) is 0.167. The van der Waals surface area contributed by atoms with Crippen LogP contribution in [0.2, 0.25) is 0 Å². The van der Waals surface area contributed by atoms with E-state index in [2.05, 4.69) is 5.10 Å². The van der Waals surface area contributed by atoms with Crippen molar-refractivity contribution in [2.75, 3.05) is 0 Å². The Morgan fingerprint density at radius 2 is 2.19 bits per heavy atom. The van der Waals surface area contributed by atoms with Crippen LogP contribution in [0.5, 0.6) is 0 Å². The summed E-state index contributed by atoms with van der Waals surface area (Å²) in [5, 5.41) is 13.2. The number of nitrogens with zero attached hydrogens (tertiary/aromatic N) is 2. The number of aromatic nitrogens is 2. The molecule has 0 aliphatic rings. The van der Waals surface area contributed by atoms with Crippen LogP contribution in [0.4, 0.5) is 0 Å². The molecule has 0 aliphatic heterocycles. The van der Waals surface area contributed by atoms with Gasteiger partial charge in [0.25, 0.3) is 0 Å². The van der Waals surface area contributed by atoms with E-state index in [1.54, 1.807) is 29.1 Å². The van der Waals surface area contributed by atoms with Crippen molar-refractivity contribution in [1.82, 2.24) is 9.78 Å². The zero-order chi connectivity index (χ0) is 11.5. The van der Waals surface area contributed by atoms with Gasteiger partial charge in [-0.05, 0) is 18.6 Å². The molecule has 0 atom stereocenters. The highest BCUT2D eigenvalue weighted by Crippen LogP contribution is 2.22. The Kier molecular flexibility index (Phi) is 2.72. The molecule has 0 fully saturated rings. The van der Waals surface area contributed by atoms with E-state index in [1.807, 2.05) is 19.2 Å². The summed E-state index contributed by atoms with van der Waals surface area (Å²) in [6.07, 6.45) is 3.53. The lowest BCUT2D eigenvalue weighted by molar-refractivity contribution is 0.0698. The van der Waals surface area contributed by atoms with Crippen molar-refractivity contribution in [3.05, 3.63) is 42.2 Å². The predicted molar refractivity (Wildman–Crippen MR) is 60.3 cm³/mol. The van der Waals surface area contributed by atoms with Gasteiger partial charge in [0.15, 0.2) is 0 Å². The van der Waals surface area contributed by atoms with Crippen LogP contribution in [0.1, 0.15) is 17.3 Å². The lowest BCUT2D eigenvalue weighted by atomic mass is 10.0. The first-order chi connectivity index (χ1) is 7.72. The third-order valence-corrected chi connectivity index (χ3v) is 2.43. The zero-order valence-electron chi connectivity index (χ0n) is 8.92. The Bertz CT molecular complexity index is 517. The Hall–Kier alpha value is -2.10. The first kappa shape index (κ1) is 10.4.